The van der Waals surface area contributed by atoms with Crippen LogP contribution < -0.4 is 10.1 Å². The number of methoxy groups -OCH3 is 1. The molecule has 7 heteroatoms. The molecule has 5 nitrogen and oxygen atoms in total. The summed E-state index contributed by atoms with van der Waals surface area (Å²) in [5.41, 5.74) is 1.38. The van der Waals surface area contributed by atoms with Gasteiger partial charge in [0.15, 0.2) is 0 Å². The minimum Gasteiger partial charge on any atom is -0.497 e. The molecule has 0 heterocycles. The predicted molar refractivity (Wildman–Crippen MR) is 104 cm³/mol. The number of carbonyl (C=O) groups is 2. The molecule has 130 valence electrons. The molecule has 2 aromatic carbocycles. The zero-order chi connectivity index (χ0) is 18.2. The number of amides is 1. The molecule has 0 aliphatic heterocycles. The Hall–Kier alpha value is -2.25. The lowest BCUT2D eigenvalue weighted by atomic mass is 10.2. The molecular weight excluding hydrogens is 406 g/mol. The van der Waals surface area contributed by atoms with Crippen LogP contribution in [-0.2, 0) is 9.59 Å². The van der Waals surface area contributed by atoms with Crippen LogP contribution in [0.5, 0.6) is 5.75 Å². The summed E-state index contributed by atoms with van der Waals surface area (Å²) in [6.45, 7) is 0. The lowest BCUT2D eigenvalue weighted by Crippen LogP contribution is -2.14. The van der Waals surface area contributed by atoms with E-state index in [0.29, 0.717) is 11.4 Å². The van der Waals surface area contributed by atoms with Gasteiger partial charge in [0.1, 0.15) is 5.75 Å². The summed E-state index contributed by atoms with van der Waals surface area (Å²) in [7, 11) is 1.56. The molecule has 0 spiro atoms. The highest BCUT2D eigenvalue weighted by molar-refractivity contribution is 9.10. The molecule has 0 aliphatic carbocycles. The summed E-state index contributed by atoms with van der Waals surface area (Å²) in [5.74, 6) is -0.651. The van der Waals surface area contributed by atoms with Crippen LogP contribution in [0.25, 0.3) is 6.08 Å². The molecule has 0 bridgehead atoms. The second kappa shape index (κ2) is 9.29. The number of rotatable bonds is 7. The van der Waals surface area contributed by atoms with Gasteiger partial charge in [0.2, 0.25) is 5.91 Å². The highest BCUT2D eigenvalue weighted by atomic mass is 79.9. The van der Waals surface area contributed by atoms with Gasteiger partial charge in [-0.2, -0.15) is 0 Å². The largest absolute Gasteiger partial charge is 0.497 e. The number of anilines is 1. The number of aliphatic carboxylic acids is 1. The third-order valence-electron chi connectivity index (χ3n) is 3.11. The standard InChI is InChI=1S/C18H16BrNO4S/c1-24-15-8-6-14(7-9-15)20-17(21)11-25-16(18(22)23)10-12-2-4-13(19)5-3-12/h2-10H,11H2,1H3,(H,20,21)(H,22,23)/b16-10+. The van der Waals surface area contributed by atoms with Crippen molar-refractivity contribution >= 4 is 51.3 Å². The van der Waals surface area contributed by atoms with E-state index in [-0.39, 0.29) is 16.6 Å². The zero-order valence-electron chi connectivity index (χ0n) is 13.4. The van der Waals surface area contributed by atoms with Crippen molar-refractivity contribution in [2.45, 2.75) is 0 Å². The van der Waals surface area contributed by atoms with Gasteiger partial charge in [0.05, 0.1) is 17.8 Å². The van der Waals surface area contributed by atoms with Crippen molar-refractivity contribution in [3.05, 3.63) is 63.5 Å². The highest BCUT2D eigenvalue weighted by Gasteiger charge is 2.12. The Morgan fingerprint density at radius 3 is 2.36 bits per heavy atom. The van der Waals surface area contributed by atoms with Gasteiger partial charge in [-0.25, -0.2) is 4.79 Å². The number of hydrogen-bond donors (Lipinski definition) is 2. The maximum atomic E-state index is 12.0. The third kappa shape index (κ3) is 6.28. The fourth-order valence-electron chi connectivity index (χ4n) is 1.89. The smallest absolute Gasteiger partial charge is 0.342 e. The van der Waals surface area contributed by atoms with Crippen molar-refractivity contribution in [3.63, 3.8) is 0 Å². The fraction of sp³-hybridized carbons (Fsp3) is 0.111. The van der Waals surface area contributed by atoms with Gasteiger partial charge in [0, 0.05) is 10.2 Å². The van der Waals surface area contributed by atoms with E-state index in [1.165, 1.54) is 0 Å². The first-order chi connectivity index (χ1) is 12.0. The molecule has 0 radical (unpaired) electrons. The topological polar surface area (TPSA) is 75.6 Å². The number of carbonyl (C=O) groups excluding carboxylic acids is 1. The fourth-order valence-corrected chi connectivity index (χ4v) is 2.86. The molecule has 0 saturated heterocycles. The molecular formula is C18H16BrNO4S. The molecule has 0 fully saturated rings. The van der Waals surface area contributed by atoms with Crippen LogP contribution in [-0.4, -0.2) is 29.8 Å². The van der Waals surface area contributed by atoms with E-state index in [1.807, 2.05) is 12.1 Å². The second-order valence-corrected chi connectivity index (χ2v) is 6.86. The third-order valence-corrected chi connectivity index (χ3v) is 4.65. The average molecular weight is 422 g/mol. The Labute approximate surface area is 158 Å². The van der Waals surface area contributed by atoms with E-state index in [0.717, 1.165) is 21.8 Å². The maximum Gasteiger partial charge on any atom is 0.342 e. The molecule has 2 N–H and O–H groups in total. The molecule has 2 rings (SSSR count). The quantitative estimate of drug-likeness (QED) is 0.653. The first-order valence-electron chi connectivity index (χ1n) is 7.25. The normalized spacial score (nSPS) is 11.0. The Balaban J connectivity index is 1.96. The van der Waals surface area contributed by atoms with E-state index < -0.39 is 5.97 Å². The van der Waals surface area contributed by atoms with Crippen molar-refractivity contribution in [2.75, 3.05) is 18.2 Å². The summed E-state index contributed by atoms with van der Waals surface area (Å²) in [6.07, 6.45) is 1.54. The van der Waals surface area contributed by atoms with E-state index in [9.17, 15) is 14.7 Å². The minimum atomic E-state index is -1.06. The van der Waals surface area contributed by atoms with Crippen molar-refractivity contribution in [1.29, 1.82) is 0 Å². The highest BCUT2D eigenvalue weighted by Crippen LogP contribution is 2.22. The van der Waals surface area contributed by atoms with Gasteiger partial charge in [0.25, 0.3) is 0 Å². The number of benzene rings is 2. The van der Waals surface area contributed by atoms with Gasteiger partial charge >= 0.3 is 5.97 Å². The van der Waals surface area contributed by atoms with Crippen LogP contribution in [0.15, 0.2) is 57.9 Å². The van der Waals surface area contributed by atoms with E-state index in [1.54, 1.807) is 49.6 Å². The Bertz CT molecular complexity index is 773. The molecule has 2 aromatic rings. The monoisotopic (exact) mass is 421 g/mol. The Kier molecular flexibility index (Phi) is 7.09. The second-order valence-electron chi connectivity index (χ2n) is 4.93. The van der Waals surface area contributed by atoms with Crippen LogP contribution >= 0.6 is 27.7 Å². The molecule has 1 amide bonds. The van der Waals surface area contributed by atoms with Gasteiger partial charge in [-0.15, -0.1) is 11.8 Å². The van der Waals surface area contributed by atoms with Crippen molar-refractivity contribution < 1.29 is 19.4 Å². The van der Waals surface area contributed by atoms with Crippen molar-refractivity contribution in [2.24, 2.45) is 0 Å². The molecule has 0 aromatic heterocycles. The molecule has 25 heavy (non-hydrogen) atoms. The summed E-state index contributed by atoms with van der Waals surface area (Å²) in [6, 6.07) is 14.2. The van der Waals surface area contributed by atoms with Gasteiger partial charge in [-0.1, -0.05) is 28.1 Å². The number of halogens is 1. The minimum absolute atomic E-state index is 0.000685. The Morgan fingerprint density at radius 1 is 1.16 bits per heavy atom. The summed E-state index contributed by atoms with van der Waals surface area (Å²) in [5, 5.41) is 12.0. The number of carboxylic acid groups (broad SMARTS) is 1. The number of thioether (sulfide) groups is 1. The average Bonchev–Trinajstić information content (AvgIpc) is 2.60. The molecule has 0 aliphatic rings. The predicted octanol–water partition coefficient (Wildman–Crippen LogP) is 4.26. The lowest BCUT2D eigenvalue weighted by molar-refractivity contribution is -0.131. The summed E-state index contributed by atoms with van der Waals surface area (Å²) < 4.78 is 5.96. The SMILES string of the molecule is COc1ccc(NC(=O)CS/C(=C/c2ccc(Br)cc2)C(=O)O)cc1. The van der Waals surface area contributed by atoms with E-state index in [4.69, 9.17) is 4.74 Å². The van der Waals surface area contributed by atoms with E-state index in [2.05, 4.69) is 21.2 Å². The molecule has 0 atom stereocenters. The first-order valence-corrected chi connectivity index (χ1v) is 9.03. The molecule has 0 unspecified atom stereocenters. The van der Waals surface area contributed by atoms with Crippen molar-refractivity contribution in [3.8, 4) is 5.75 Å². The van der Waals surface area contributed by atoms with Crippen LogP contribution in [0.3, 0.4) is 0 Å². The van der Waals surface area contributed by atoms with Crippen LogP contribution in [0, 0.1) is 0 Å². The van der Waals surface area contributed by atoms with Crippen molar-refractivity contribution in [1.82, 2.24) is 0 Å². The van der Waals surface area contributed by atoms with E-state index >= 15 is 0 Å². The number of hydrogen-bond acceptors (Lipinski definition) is 4. The van der Waals surface area contributed by atoms with Gasteiger partial charge < -0.3 is 15.2 Å². The summed E-state index contributed by atoms with van der Waals surface area (Å²) in [4.78, 5) is 23.5. The number of carboxylic acids is 1. The van der Waals surface area contributed by atoms with Gasteiger partial charge in [-0.3, -0.25) is 4.79 Å². The van der Waals surface area contributed by atoms with Crippen LogP contribution in [0.1, 0.15) is 5.56 Å². The number of ether oxygens (including phenoxy) is 1. The lowest BCUT2D eigenvalue weighted by Gasteiger charge is -2.07. The van der Waals surface area contributed by atoms with Gasteiger partial charge in [-0.05, 0) is 48.0 Å². The zero-order valence-corrected chi connectivity index (χ0v) is 15.8. The first kappa shape index (κ1) is 19.1. The Morgan fingerprint density at radius 2 is 1.80 bits per heavy atom. The number of nitrogens with one attached hydrogen (secondary N) is 1. The maximum absolute atomic E-state index is 12.0. The van der Waals surface area contributed by atoms with Crippen LogP contribution in [0.4, 0.5) is 5.69 Å². The summed E-state index contributed by atoms with van der Waals surface area (Å²) >= 11 is 4.30. The van der Waals surface area contributed by atoms with Crippen LogP contribution in [0.2, 0.25) is 0 Å². The molecule has 0 saturated carbocycles.